The summed E-state index contributed by atoms with van der Waals surface area (Å²) in [6, 6.07) is 7.65. The fraction of sp³-hybridized carbons (Fsp3) is 0.533. The molecule has 1 aliphatic heterocycles. The second-order valence-corrected chi connectivity index (χ2v) is 5.19. The maximum Gasteiger partial charge on any atom is 0.396 e. The van der Waals surface area contributed by atoms with Crippen LogP contribution in [0.2, 0.25) is 0 Å². The lowest BCUT2D eigenvalue weighted by Crippen LogP contribution is -2.37. The standard InChI is InChI=1S/C15H19F3N2O/c16-15(17,18)13(12-5-2-1-3-6-12)11-14(21)20-9-4-7-19-8-10-20/h1-3,5-6,13,19H,4,7-11H2. The molecule has 0 saturated carbocycles. The summed E-state index contributed by atoms with van der Waals surface area (Å²) in [5, 5.41) is 3.13. The lowest BCUT2D eigenvalue weighted by atomic mass is 9.94. The lowest BCUT2D eigenvalue weighted by Gasteiger charge is -2.25. The van der Waals surface area contributed by atoms with Gasteiger partial charge in [-0.05, 0) is 18.5 Å². The summed E-state index contributed by atoms with van der Waals surface area (Å²) in [4.78, 5) is 13.7. The largest absolute Gasteiger partial charge is 0.396 e. The number of rotatable bonds is 3. The van der Waals surface area contributed by atoms with Gasteiger partial charge >= 0.3 is 6.18 Å². The zero-order valence-corrected chi connectivity index (χ0v) is 11.7. The molecule has 3 nitrogen and oxygen atoms in total. The summed E-state index contributed by atoms with van der Waals surface area (Å²) in [6.45, 7) is 2.42. The fourth-order valence-corrected chi connectivity index (χ4v) is 2.51. The number of hydrogen-bond acceptors (Lipinski definition) is 2. The summed E-state index contributed by atoms with van der Waals surface area (Å²) in [7, 11) is 0. The molecule has 1 saturated heterocycles. The van der Waals surface area contributed by atoms with Crippen molar-refractivity contribution in [3.63, 3.8) is 0 Å². The van der Waals surface area contributed by atoms with E-state index in [9.17, 15) is 18.0 Å². The molecular formula is C15H19F3N2O. The maximum absolute atomic E-state index is 13.2. The predicted octanol–water partition coefficient (Wildman–Crippen LogP) is 2.54. The van der Waals surface area contributed by atoms with Crippen molar-refractivity contribution in [2.45, 2.75) is 24.9 Å². The average molecular weight is 300 g/mol. The first kappa shape index (κ1) is 15.8. The van der Waals surface area contributed by atoms with Crippen LogP contribution in [0.15, 0.2) is 30.3 Å². The molecule has 1 fully saturated rings. The SMILES string of the molecule is O=C(CC(c1ccccc1)C(F)(F)F)N1CCCNCC1. The number of benzene rings is 1. The second kappa shape index (κ2) is 6.93. The van der Waals surface area contributed by atoms with E-state index in [0.29, 0.717) is 19.6 Å². The highest BCUT2D eigenvalue weighted by Crippen LogP contribution is 2.37. The Hall–Kier alpha value is -1.56. The number of halogens is 3. The molecule has 0 bridgehead atoms. The maximum atomic E-state index is 13.2. The van der Waals surface area contributed by atoms with Gasteiger partial charge in [-0.25, -0.2) is 0 Å². The van der Waals surface area contributed by atoms with Crippen molar-refractivity contribution in [3.05, 3.63) is 35.9 Å². The molecule has 1 unspecified atom stereocenters. The van der Waals surface area contributed by atoms with E-state index in [0.717, 1.165) is 13.0 Å². The normalized spacial score (nSPS) is 18.1. The Morgan fingerprint density at radius 1 is 1.19 bits per heavy atom. The fourth-order valence-electron chi connectivity index (χ4n) is 2.51. The van der Waals surface area contributed by atoms with E-state index in [4.69, 9.17) is 0 Å². The molecule has 116 valence electrons. The minimum atomic E-state index is -4.42. The number of carbonyl (C=O) groups excluding carboxylic acids is 1. The summed E-state index contributed by atoms with van der Waals surface area (Å²) in [6.07, 6.45) is -4.16. The predicted molar refractivity (Wildman–Crippen MR) is 73.9 cm³/mol. The highest BCUT2D eigenvalue weighted by molar-refractivity contribution is 5.77. The van der Waals surface area contributed by atoms with E-state index in [1.165, 1.54) is 17.0 Å². The molecule has 6 heteroatoms. The Kier molecular flexibility index (Phi) is 5.22. The molecule has 1 aromatic rings. The van der Waals surface area contributed by atoms with E-state index in [-0.39, 0.29) is 5.56 Å². The van der Waals surface area contributed by atoms with Gasteiger partial charge in [-0.2, -0.15) is 13.2 Å². The lowest BCUT2D eigenvalue weighted by molar-refractivity contribution is -0.160. The molecule has 1 atom stereocenters. The molecule has 0 aromatic heterocycles. The number of nitrogens with one attached hydrogen (secondary N) is 1. The van der Waals surface area contributed by atoms with Gasteiger partial charge in [-0.1, -0.05) is 30.3 Å². The molecule has 0 aliphatic carbocycles. The van der Waals surface area contributed by atoms with Gasteiger partial charge in [-0.3, -0.25) is 4.79 Å². The third-order valence-corrected chi connectivity index (χ3v) is 3.67. The van der Waals surface area contributed by atoms with Gasteiger partial charge in [0.25, 0.3) is 0 Å². The van der Waals surface area contributed by atoms with E-state index in [1.54, 1.807) is 18.2 Å². The molecule has 1 aromatic carbocycles. The first-order chi connectivity index (χ1) is 9.98. The molecule has 1 heterocycles. The van der Waals surface area contributed by atoms with E-state index in [2.05, 4.69) is 5.32 Å². The van der Waals surface area contributed by atoms with Crippen molar-refractivity contribution < 1.29 is 18.0 Å². The van der Waals surface area contributed by atoms with Gasteiger partial charge in [0, 0.05) is 26.1 Å². The van der Waals surface area contributed by atoms with Crippen molar-refractivity contribution in [1.82, 2.24) is 10.2 Å². The Balaban J connectivity index is 2.10. The van der Waals surface area contributed by atoms with Crippen molar-refractivity contribution in [2.24, 2.45) is 0 Å². The minimum Gasteiger partial charge on any atom is -0.341 e. The van der Waals surface area contributed by atoms with Gasteiger partial charge in [0.05, 0.1) is 5.92 Å². The molecule has 21 heavy (non-hydrogen) atoms. The summed E-state index contributed by atoms with van der Waals surface area (Å²) in [5.41, 5.74) is 0.145. The van der Waals surface area contributed by atoms with Crippen LogP contribution in [0.4, 0.5) is 13.2 Å². The van der Waals surface area contributed by atoms with Crippen LogP contribution in [0.25, 0.3) is 0 Å². The van der Waals surface area contributed by atoms with E-state index in [1.807, 2.05) is 0 Å². The number of carbonyl (C=O) groups is 1. The third kappa shape index (κ3) is 4.46. The molecule has 0 spiro atoms. The summed E-state index contributed by atoms with van der Waals surface area (Å²) < 4.78 is 39.7. The van der Waals surface area contributed by atoms with Crippen molar-refractivity contribution in [1.29, 1.82) is 0 Å². The first-order valence-corrected chi connectivity index (χ1v) is 7.08. The van der Waals surface area contributed by atoms with Gasteiger partial charge in [-0.15, -0.1) is 0 Å². The first-order valence-electron chi connectivity index (χ1n) is 7.08. The smallest absolute Gasteiger partial charge is 0.341 e. The Morgan fingerprint density at radius 3 is 2.57 bits per heavy atom. The quantitative estimate of drug-likeness (QED) is 0.930. The van der Waals surface area contributed by atoms with Gasteiger partial charge in [0.1, 0.15) is 0 Å². The molecular weight excluding hydrogens is 281 g/mol. The Bertz CT molecular complexity index is 454. The van der Waals surface area contributed by atoms with Crippen LogP contribution in [-0.2, 0) is 4.79 Å². The van der Waals surface area contributed by atoms with Gasteiger partial charge in [0.2, 0.25) is 5.91 Å². The number of amides is 1. The van der Waals surface area contributed by atoms with Crippen LogP contribution >= 0.6 is 0 Å². The zero-order valence-electron chi connectivity index (χ0n) is 11.7. The molecule has 1 amide bonds. The second-order valence-electron chi connectivity index (χ2n) is 5.19. The van der Waals surface area contributed by atoms with E-state index < -0.39 is 24.4 Å². The van der Waals surface area contributed by atoms with Crippen LogP contribution in [0.1, 0.15) is 24.3 Å². The summed E-state index contributed by atoms with van der Waals surface area (Å²) >= 11 is 0. The van der Waals surface area contributed by atoms with Crippen LogP contribution in [0.5, 0.6) is 0 Å². The Labute approximate surface area is 122 Å². The monoisotopic (exact) mass is 300 g/mol. The van der Waals surface area contributed by atoms with Gasteiger partial charge in [0.15, 0.2) is 0 Å². The highest BCUT2D eigenvalue weighted by Gasteiger charge is 2.42. The van der Waals surface area contributed by atoms with Crippen LogP contribution in [-0.4, -0.2) is 43.2 Å². The van der Waals surface area contributed by atoms with Crippen LogP contribution < -0.4 is 5.32 Å². The minimum absolute atomic E-state index is 0.145. The molecule has 1 N–H and O–H groups in total. The highest BCUT2D eigenvalue weighted by atomic mass is 19.4. The van der Waals surface area contributed by atoms with Crippen LogP contribution in [0, 0.1) is 0 Å². The Morgan fingerprint density at radius 2 is 1.90 bits per heavy atom. The van der Waals surface area contributed by atoms with Crippen LogP contribution in [0.3, 0.4) is 0 Å². The van der Waals surface area contributed by atoms with Crippen molar-refractivity contribution in [3.8, 4) is 0 Å². The van der Waals surface area contributed by atoms with Crippen molar-refractivity contribution >= 4 is 5.91 Å². The number of hydrogen-bond donors (Lipinski definition) is 1. The summed E-state index contributed by atoms with van der Waals surface area (Å²) in [5.74, 6) is -2.16. The van der Waals surface area contributed by atoms with Crippen molar-refractivity contribution in [2.75, 3.05) is 26.2 Å². The number of alkyl halides is 3. The van der Waals surface area contributed by atoms with Gasteiger partial charge < -0.3 is 10.2 Å². The zero-order chi connectivity index (χ0) is 15.3. The molecule has 1 aliphatic rings. The third-order valence-electron chi connectivity index (χ3n) is 3.67. The average Bonchev–Trinajstić information content (AvgIpc) is 2.73. The van der Waals surface area contributed by atoms with E-state index >= 15 is 0 Å². The molecule has 2 rings (SSSR count). The topological polar surface area (TPSA) is 32.3 Å². The molecule has 0 radical (unpaired) electrons. The number of nitrogens with zero attached hydrogens (tertiary/aromatic N) is 1.